The second-order valence-corrected chi connectivity index (χ2v) is 9.54. The van der Waals surface area contributed by atoms with Crippen molar-refractivity contribution in [2.75, 3.05) is 6.54 Å². The molecule has 1 heterocycles. The second-order valence-electron chi connectivity index (χ2n) is 9.54. The molecule has 0 spiro atoms. The summed E-state index contributed by atoms with van der Waals surface area (Å²) < 4.78 is 11.8. The Morgan fingerprint density at radius 2 is 1.41 bits per heavy atom. The van der Waals surface area contributed by atoms with E-state index < -0.39 is 12.0 Å². The third-order valence-electron chi connectivity index (χ3n) is 6.99. The van der Waals surface area contributed by atoms with Crippen LogP contribution in [0.2, 0.25) is 0 Å². The number of ether oxygens (including phenoxy) is 2. The van der Waals surface area contributed by atoms with Crippen molar-refractivity contribution in [2.45, 2.75) is 45.9 Å². The van der Waals surface area contributed by atoms with Gasteiger partial charge in [0.25, 0.3) is 0 Å². The number of rotatable bonds is 8. The van der Waals surface area contributed by atoms with Crippen LogP contribution in [-0.4, -0.2) is 23.3 Å². The first-order valence-corrected chi connectivity index (χ1v) is 13.0. The quantitative estimate of drug-likeness (QED) is 0.237. The molecule has 2 unspecified atom stereocenters. The van der Waals surface area contributed by atoms with E-state index in [1.807, 2.05) is 116 Å². The van der Waals surface area contributed by atoms with Gasteiger partial charge in [0.1, 0.15) is 19.0 Å². The minimum atomic E-state index is -0.815. The molecule has 0 saturated heterocycles. The van der Waals surface area contributed by atoms with Crippen LogP contribution in [0.25, 0.3) is 0 Å². The van der Waals surface area contributed by atoms with Gasteiger partial charge in [-0.05, 0) is 53.3 Å². The van der Waals surface area contributed by atoms with Crippen molar-refractivity contribution in [1.29, 1.82) is 0 Å². The van der Waals surface area contributed by atoms with Gasteiger partial charge < -0.3 is 14.4 Å². The maximum Gasteiger partial charge on any atom is 0.333 e. The highest BCUT2D eigenvalue weighted by Gasteiger charge is 2.39. The predicted molar refractivity (Wildman–Crippen MR) is 153 cm³/mol. The van der Waals surface area contributed by atoms with Crippen LogP contribution < -0.4 is 4.74 Å². The van der Waals surface area contributed by atoms with Gasteiger partial charge in [-0.25, -0.2) is 4.79 Å². The molecule has 200 valence electrons. The zero-order chi connectivity index (χ0) is 26.3. The zero-order valence-electron chi connectivity index (χ0n) is 21.5. The molecule has 1 aliphatic rings. The molecule has 1 aliphatic heterocycles. The maximum absolute atomic E-state index is 13.7. The van der Waals surface area contributed by atoms with Gasteiger partial charge in [0.05, 0.1) is 5.92 Å². The van der Waals surface area contributed by atoms with Crippen LogP contribution in [0.4, 0.5) is 0 Å². The molecule has 5 nitrogen and oxygen atoms in total. The molecule has 4 aromatic carbocycles. The lowest BCUT2D eigenvalue weighted by atomic mass is 9.90. The van der Waals surface area contributed by atoms with Gasteiger partial charge in [0, 0.05) is 6.54 Å². The van der Waals surface area contributed by atoms with Crippen LogP contribution in [0.5, 0.6) is 5.75 Å². The molecule has 5 rings (SSSR count). The minimum Gasteiger partial charge on any atom is -0.489 e. The molecule has 39 heavy (non-hydrogen) atoms. The molecule has 0 radical (unpaired) electrons. The van der Waals surface area contributed by atoms with E-state index in [-0.39, 0.29) is 25.9 Å². The first-order chi connectivity index (χ1) is 18.6. The number of amides is 1. The van der Waals surface area contributed by atoms with Crippen LogP contribution in [-0.2, 0) is 34.0 Å². The van der Waals surface area contributed by atoms with Gasteiger partial charge in [-0.15, -0.1) is 0 Å². The Labute approximate surface area is 231 Å². The van der Waals surface area contributed by atoms with Crippen molar-refractivity contribution in [1.82, 2.24) is 4.90 Å². The van der Waals surface area contributed by atoms with Crippen LogP contribution in [0.15, 0.2) is 109 Å². The number of benzene rings is 4. The minimum absolute atomic E-state index is 0. The van der Waals surface area contributed by atoms with Crippen molar-refractivity contribution in [3.8, 4) is 5.75 Å². The number of fused-ring (bicyclic) bond motifs is 1. The predicted octanol–water partition coefficient (Wildman–Crippen LogP) is 6.87. The van der Waals surface area contributed by atoms with Crippen molar-refractivity contribution in [3.63, 3.8) is 0 Å². The molecule has 0 aromatic heterocycles. The van der Waals surface area contributed by atoms with Crippen molar-refractivity contribution < 1.29 is 19.1 Å². The van der Waals surface area contributed by atoms with Crippen molar-refractivity contribution in [3.05, 3.63) is 137 Å². The standard InChI is InChI=1S/C33H31NO4.CH4/c1-24(27-15-9-4-10-16-27)32(35)34-20-19-28-21-29(37-22-25-11-5-2-6-12-25)17-18-30(28)31(34)33(36)38-23-26-13-7-3-8-14-26;/h2-18,21,24,31H,19-20,22-23H2,1H3;1H4. The zero-order valence-corrected chi connectivity index (χ0v) is 21.5. The molecule has 0 bridgehead atoms. The van der Waals surface area contributed by atoms with Crippen LogP contribution in [0, 0.1) is 0 Å². The molecule has 2 atom stereocenters. The molecule has 0 N–H and O–H groups in total. The second kappa shape index (κ2) is 12.9. The summed E-state index contributed by atoms with van der Waals surface area (Å²) in [6, 6.07) is 34.2. The van der Waals surface area contributed by atoms with Gasteiger partial charge in [-0.3, -0.25) is 4.79 Å². The van der Waals surface area contributed by atoms with E-state index in [4.69, 9.17) is 9.47 Å². The summed E-state index contributed by atoms with van der Waals surface area (Å²) in [5.41, 5.74) is 4.68. The summed E-state index contributed by atoms with van der Waals surface area (Å²) in [5, 5.41) is 0. The van der Waals surface area contributed by atoms with Crippen LogP contribution in [0.1, 0.15) is 54.1 Å². The highest BCUT2D eigenvalue weighted by Crippen LogP contribution is 2.35. The molecule has 1 amide bonds. The molecular weight excluding hydrogens is 486 g/mol. The molecular formula is C34H35NO4. The van der Waals surface area contributed by atoms with E-state index in [0.29, 0.717) is 19.6 Å². The Morgan fingerprint density at radius 3 is 2.05 bits per heavy atom. The maximum atomic E-state index is 13.7. The Kier molecular flexibility index (Phi) is 9.16. The van der Waals surface area contributed by atoms with Gasteiger partial charge in [-0.1, -0.05) is 104 Å². The first-order valence-electron chi connectivity index (χ1n) is 13.0. The average molecular weight is 522 g/mol. The van der Waals surface area contributed by atoms with E-state index in [9.17, 15) is 9.59 Å². The Balaban J connectivity index is 0.00000353. The first kappa shape index (κ1) is 27.6. The number of carbonyl (C=O) groups is 2. The van der Waals surface area contributed by atoms with E-state index in [1.54, 1.807) is 4.90 Å². The lowest BCUT2D eigenvalue weighted by Gasteiger charge is -2.37. The molecule has 0 aliphatic carbocycles. The van der Waals surface area contributed by atoms with E-state index in [0.717, 1.165) is 33.6 Å². The monoisotopic (exact) mass is 521 g/mol. The van der Waals surface area contributed by atoms with Crippen LogP contribution in [0.3, 0.4) is 0 Å². The van der Waals surface area contributed by atoms with Gasteiger partial charge in [0.15, 0.2) is 6.04 Å². The summed E-state index contributed by atoms with van der Waals surface area (Å²) in [4.78, 5) is 29.0. The largest absolute Gasteiger partial charge is 0.489 e. The molecule has 5 heteroatoms. The van der Waals surface area contributed by atoms with E-state index in [2.05, 4.69) is 0 Å². The van der Waals surface area contributed by atoms with Crippen molar-refractivity contribution in [2.24, 2.45) is 0 Å². The third-order valence-corrected chi connectivity index (χ3v) is 6.99. The van der Waals surface area contributed by atoms with E-state index in [1.165, 1.54) is 0 Å². The van der Waals surface area contributed by atoms with Gasteiger partial charge in [0.2, 0.25) is 5.91 Å². The Morgan fingerprint density at radius 1 is 0.821 bits per heavy atom. The fourth-order valence-electron chi connectivity index (χ4n) is 4.87. The van der Waals surface area contributed by atoms with Gasteiger partial charge in [-0.2, -0.15) is 0 Å². The molecule has 4 aromatic rings. The fourth-order valence-corrected chi connectivity index (χ4v) is 4.87. The highest BCUT2D eigenvalue weighted by molar-refractivity contribution is 5.90. The fraction of sp³-hybridized carbons (Fsp3) is 0.235. The smallest absolute Gasteiger partial charge is 0.333 e. The lowest BCUT2D eigenvalue weighted by molar-refractivity contribution is -0.157. The van der Waals surface area contributed by atoms with E-state index >= 15 is 0 Å². The number of carbonyl (C=O) groups excluding carboxylic acids is 2. The Bertz CT molecular complexity index is 1370. The summed E-state index contributed by atoms with van der Waals surface area (Å²) >= 11 is 0. The third kappa shape index (κ3) is 6.55. The number of hydrogen-bond donors (Lipinski definition) is 0. The lowest BCUT2D eigenvalue weighted by Crippen LogP contribution is -2.45. The molecule has 0 saturated carbocycles. The summed E-state index contributed by atoms with van der Waals surface area (Å²) in [5.74, 6) is -0.161. The topological polar surface area (TPSA) is 55.8 Å². The molecule has 0 fully saturated rings. The van der Waals surface area contributed by atoms with Crippen molar-refractivity contribution >= 4 is 11.9 Å². The SMILES string of the molecule is C.CC(C(=O)N1CCc2cc(OCc3ccccc3)ccc2C1C(=O)OCc1ccccc1)c1ccccc1. The Hall–Kier alpha value is -4.38. The number of hydrogen-bond acceptors (Lipinski definition) is 4. The number of nitrogens with zero attached hydrogens (tertiary/aromatic N) is 1. The van der Waals surface area contributed by atoms with Crippen LogP contribution >= 0.6 is 0 Å². The number of esters is 1. The average Bonchev–Trinajstić information content (AvgIpc) is 2.99. The summed E-state index contributed by atoms with van der Waals surface area (Å²) in [7, 11) is 0. The normalized spacial score (nSPS) is 14.9. The summed E-state index contributed by atoms with van der Waals surface area (Å²) in [6.07, 6.45) is 0.633. The summed E-state index contributed by atoms with van der Waals surface area (Å²) in [6.45, 7) is 2.93. The van der Waals surface area contributed by atoms with Gasteiger partial charge >= 0.3 is 5.97 Å². The highest BCUT2D eigenvalue weighted by atomic mass is 16.5.